The van der Waals surface area contributed by atoms with Crippen molar-refractivity contribution >= 4 is 29.1 Å². The Labute approximate surface area is 131 Å². The van der Waals surface area contributed by atoms with E-state index in [0.717, 1.165) is 5.56 Å². The van der Waals surface area contributed by atoms with Crippen molar-refractivity contribution in [3.8, 4) is 0 Å². The first-order chi connectivity index (χ1) is 9.61. The Morgan fingerprint density at radius 3 is 2.38 bits per heavy atom. The molecule has 0 aliphatic carbocycles. The highest BCUT2D eigenvalue weighted by Crippen LogP contribution is 2.20. The average Bonchev–Trinajstić information content (AvgIpc) is 2.32. The van der Waals surface area contributed by atoms with Crippen LogP contribution in [0.1, 0.15) is 39.7 Å². The van der Waals surface area contributed by atoms with Crippen LogP contribution in [0.15, 0.2) is 18.2 Å². The molecule has 0 unspecified atom stereocenters. The van der Waals surface area contributed by atoms with E-state index < -0.39 is 0 Å². The monoisotopic (exact) mass is 310 g/mol. The Bertz CT molecular complexity index is 536. The molecule has 1 aromatic rings. The highest BCUT2D eigenvalue weighted by atomic mass is 35.5. The summed E-state index contributed by atoms with van der Waals surface area (Å²) in [6.45, 7) is 9.67. The van der Waals surface area contributed by atoms with Gasteiger partial charge >= 0.3 is 0 Å². The van der Waals surface area contributed by atoms with Gasteiger partial charge in [0.05, 0.1) is 0 Å². The van der Waals surface area contributed by atoms with Gasteiger partial charge in [-0.1, -0.05) is 17.7 Å². The van der Waals surface area contributed by atoms with Gasteiger partial charge in [-0.25, -0.2) is 0 Å². The zero-order valence-electron chi connectivity index (χ0n) is 13.3. The molecule has 2 amide bonds. The molecule has 0 saturated heterocycles. The quantitative estimate of drug-likeness (QED) is 0.923. The minimum atomic E-state index is -0.292. The van der Waals surface area contributed by atoms with Gasteiger partial charge < -0.3 is 10.2 Å². The molecule has 4 nitrogen and oxygen atoms in total. The molecule has 21 heavy (non-hydrogen) atoms. The summed E-state index contributed by atoms with van der Waals surface area (Å²) in [5.41, 5.74) is 1.34. The maximum Gasteiger partial charge on any atom is 0.226 e. The second kappa shape index (κ2) is 6.94. The summed E-state index contributed by atoms with van der Waals surface area (Å²) in [6, 6.07) is 5.39. The topological polar surface area (TPSA) is 49.4 Å². The maximum absolute atomic E-state index is 12.0. The fourth-order valence-corrected chi connectivity index (χ4v) is 2.25. The van der Waals surface area contributed by atoms with Gasteiger partial charge in [0.15, 0.2) is 0 Å². The molecule has 1 rings (SSSR count). The molecule has 0 radical (unpaired) electrons. The fourth-order valence-electron chi connectivity index (χ4n) is 2.07. The van der Waals surface area contributed by atoms with E-state index in [-0.39, 0.29) is 23.8 Å². The minimum Gasteiger partial charge on any atom is -0.338 e. The molecule has 0 spiro atoms. The van der Waals surface area contributed by atoms with Gasteiger partial charge in [0.2, 0.25) is 11.8 Å². The molecular weight excluding hydrogens is 288 g/mol. The van der Waals surface area contributed by atoms with Crippen LogP contribution in [0.4, 0.5) is 5.69 Å². The number of carbonyl (C=O) groups excluding carboxylic acids is 2. The van der Waals surface area contributed by atoms with Crippen LogP contribution in [0.3, 0.4) is 0 Å². The lowest BCUT2D eigenvalue weighted by Gasteiger charge is -2.34. The predicted molar refractivity (Wildman–Crippen MR) is 86.6 cm³/mol. The lowest BCUT2D eigenvalue weighted by atomic mass is 10.1. The van der Waals surface area contributed by atoms with Crippen LogP contribution in [0.2, 0.25) is 5.02 Å². The second-order valence-electron chi connectivity index (χ2n) is 6.10. The number of carbonyl (C=O) groups is 2. The summed E-state index contributed by atoms with van der Waals surface area (Å²) in [5.74, 6) is -0.167. The number of nitrogens with zero attached hydrogens (tertiary/aromatic N) is 1. The number of nitrogens with one attached hydrogen (secondary N) is 1. The third-order valence-electron chi connectivity index (χ3n) is 3.21. The summed E-state index contributed by atoms with van der Waals surface area (Å²) in [4.78, 5) is 25.3. The Kier molecular flexibility index (Phi) is 5.78. The van der Waals surface area contributed by atoms with E-state index in [0.29, 0.717) is 17.3 Å². The summed E-state index contributed by atoms with van der Waals surface area (Å²) in [6.07, 6.45) is 0.252. The van der Waals surface area contributed by atoms with Crippen molar-refractivity contribution in [3.05, 3.63) is 28.8 Å². The normalized spacial score (nSPS) is 11.1. The number of aryl methyl sites for hydroxylation is 1. The van der Waals surface area contributed by atoms with Crippen molar-refractivity contribution in [2.45, 2.75) is 46.6 Å². The number of amides is 2. The van der Waals surface area contributed by atoms with E-state index >= 15 is 0 Å². The number of benzene rings is 1. The zero-order valence-corrected chi connectivity index (χ0v) is 14.0. The minimum absolute atomic E-state index is 0.0336. The predicted octanol–water partition coefficient (Wildman–Crippen LogP) is 3.62. The molecule has 0 fully saturated rings. The summed E-state index contributed by atoms with van der Waals surface area (Å²) in [5, 5.41) is 3.41. The smallest absolute Gasteiger partial charge is 0.226 e. The van der Waals surface area contributed by atoms with Gasteiger partial charge in [0.1, 0.15) is 0 Å². The Morgan fingerprint density at radius 1 is 1.29 bits per heavy atom. The van der Waals surface area contributed by atoms with E-state index in [9.17, 15) is 9.59 Å². The van der Waals surface area contributed by atoms with Crippen molar-refractivity contribution in [2.24, 2.45) is 0 Å². The maximum atomic E-state index is 12.0. The summed E-state index contributed by atoms with van der Waals surface area (Å²) >= 11 is 6.02. The summed E-state index contributed by atoms with van der Waals surface area (Å²) in [7, 11) is 0. The first-order valence-electron chi connectivity index (χ1n) is 6.95. The van der Waals surface area contributed by atoms with Crippen molar-refractivity contribution < 1.29 is 9.59 Å². The molecule has 5 heteroatoms. The number of hydrogen-bond acceptors (Lipinski definition) is 2. The molecule has 0 aliphatic rings. The molecule has 0 bridgehead atoms. The van der Waals surface area contributed by atoms with E-state index in [1.807, 2.05) is 39.8 Å². The third-order valence-corrected chi connectivity index (χ3v) is 3.62. The Hall–Kier alpha value is -1.55. The molecule has 0 atom stereocenters. The van der Waals surface area contributed by atoms with Crippen LogP contribution in [-0.4, -0.2) is 28.8 Å². The average molecular weight is 311 g/mol. The van der Waals surface area contributed by atoms with Gasteiger partial charge in [-0.3, -0.25) is 9.59 Å². The van der Waals surface area contributed by atoms with Gasteiger partial charge in [0.25, 0.3) is 0 Å². The highest BCUT2D eigenvalue weighted by Gasteiger charge is 2.24. The molecule has 0 aromatic heterocycles. The zero-order chi connectivity index (χ0) is 16.2. The molecule has 0 aliphatic heterocycles. The van der Waals surface area contributed by atoms with Crippen molar-refractivity contribution in [1.82, 2.24) is 4.90 Å². The molecule has 116 valence electrons. The second-order valence-corrected chi connectivity index (χ2v) is 6.51. The van der Waals surface area contributed by atoms with Gasteiger partial charge in [-0.15, -0.1) is 0 Å². The highest BCUT2D eigenvalue weighted by molar-refractivity contribution is 6.31. The van der Waals surface area contributed by atoms with Crippen molar-refractivity contribution in [1.29, 1.82) is 0 Å². The van der Waals surface area contributed by atoms with E-state index in [1.54, 1.807) is 11.0 Å². The number of rotatable bonds is 4. The SMILES string of the molecule is CC(=O)N(CCC(=O)Nc1ccc(C)c(Cl)c1)C(C)(C)C. The van der Waals surface area contributed by atoms with Crippen LogP contribution in [0.25, 0.3) is 0 Å². The Balaban J connectivity index is 2.61. The fraction of sp³-hybridized carbons (Fsp3) is 0.500. The largest absolute Gasteiger partial charge is 0.338 e. The van der Waals surface area contributed by atoms with E-state index in [4.69, 9.17) is 11.6 Å². The Morgan fingerprint density at radius 2 is 1.90 bits per heavy atom. The van der Waals surface area contributed by atoms with Crippen LogP contribution in [-0.2, 0) is 9.59 Å². The van der Waals surface area contributed by atoms with Gasteiger partial charge in [-0.2, -0.15) is 0 Å². The first kappa shape index (κ1) is 17.5. The number of halogens is 1. The molecule has 0 heterocycles. The molecule has 1 aromatic carbocycles. The van der Waals surface area contributed by atoms with Gasteiger partial charge in [0, 0.05) is 36.1 Å². The standard InChI is InChI=1S/C16H23ClN2O2/c1-11-6-7-13(10-14(11)17)18-15(21)8-9-19(12(2)20)16(3,4)5/h6-7,10H,8-9H2,1-5H3,(H,18,21). The lowest BCUT2D eigenvalue weighted by Crippen LogP contribution is -2.45. The van der Waals surface area contributed by atoms with Crippen molar-refractivity contribution in [3.63, 3.8) is 0 Å². The van der Waals surface area contributed by atoms with Crippen LogP contribution >= 0.6 is 11.6 Å². The molecule has 1 N–H and O–H groups in total. The van der Waals surface area contributed by atoms with Crippen LogP contribution in [0, 0.1) is 6.92 Å². The van der Waals surface area contributed by atoms with Crippen LogP contribution in [0.5, 0.6) is 0 Å². The van der Waals surface area contributed by atoms with E-state index in [2.05, 4.69) is 5.32 Å². The van der Waals surface area contributed by atoms with E-state index in [1.165, 1.54) is 6.92 Å². The van der Waals surface area contributed by atoms with Crippen molar-refractivity contribution in [2.75, 3.05) is 11.9 Å². The first-order valence-corrected chi connectivity index (χ1v) is 7.33. The number of hydrogen-bond donors (Lipinski definition) is 1. The molecule has 0 saturated carbocycles. The summed E-state index contributed by atoms with van der Waals surface area (Å²) < 4.78 is 0. The van der Waals surface area contributed by atoms with Crippen LogP contribution < -0.4 is 5.32 Å². The third kappa shape index (κ3) is 5.38. The molecular formula is C16H23ClN2O2. The lowest BCUT2D eigenvalue weighted by molar-refractivity contribution is -0.134. The van der Waals surface area contributed by atoms with Gasteiger partial charge in [-0.05, 0) is 45.4 Å². The number of anilines is 1.